The Morgan fingerprint density at radius 2 is 1.71 bits per heavy atom. The van der Waals surface area contributed by atoms with Crippen molar-refractivity contribution in [2.45, 2.75) is 13.3 Å². The van der Waals surface area contributed by atoms with Gasteiger partial charge in [0, 0.05) is 0 Å². The Balaban J connectivity index is 2.00. The predicted molar refractivity (Wildman–Crippen MR) is 27.7 cm³/mol. The highest BCUT2D eigenvalue weighted by Gasteiger charge is 2.74. The summed E-state index contributed by atoms with van der Waals surface area (Å²) in [7, 11) is 0. The number of hydrogen-bond acceptors (Lipinski definition) is 0. The zero-order chi connectivity index (χ0) is 4.59. The van der Waals surface area contributed by atoms with Crippen LogP contribution in [0.3, 0.4) is 0 Å². The molecule has 0 aromatic carbocycles. The molecule has 5 aliphatic carbocycles. The quantitative estimate of drug-likeness (QED) is 0.427. The van der Waals surface area contributed by atoms with E-state index in [1.165, 1.54) is 23.7 Å². The molecule has 0 radical (unpaired) electrons. The lowest BCUT2D eigenvalue weighted by Gasteiger charge is -2.81. The van der Waals surface area contributed by atoms with Crippen LogP contribution in [0.5, 0.6) is 0 Å². The Morgan fingerprint density at radius 1 is 1.14 bits per heavy atom. The van der Waals surface area contributed by atoms with E-state index in [0.29, 0.717) is 0 Å². The van der Waals surface area contributed by atoms with Gasteiger partial charge in [-0.15, -0.1) is 0 Å². The lowest BCUT2D eigenvalue weighted by Crippen LogP contribution is -2.76. The van der Waals surface area contributed by atoms with Gasteiger partial charge < -0.3 is 0 Å². The first-order valence-electron chi connectivity index (χ1n) is 3.39. The molecule has 0 atom stereocenters. The van der Waals surface area contributed by atoms with Crippen LogP contribution in [-0.2, 0) is 0 Å². The molecule has 38 valence electrons. The SMILES string of the molecule is CC1C2C3CC2C13. The second kappa shape index (κ2) is 0.586. The summed E-state index contributed by atoms with van der Waals surface area (Å²) in [5.74, 6) is 6.14. The van der Waals surface area contributed by atoms with E-state index >= 15 is 0 Å². The highest BCUT2D eigenvalue weighted by Crippen LogP contribution is 2.79. The smallest absolute Gasteiger partial charge is 0.0323 e. The normalized spacial score (nSPS) is 81.0. The third kappa shape index (κ3) is 0.122. The molecule has 5 fully saturated rings. The Bertz CT molecular complexity index is 97.7. The molecule has 0 aromatic heterocycles. The van der Waals surface area contributed by atoms with E-state index in [1.807, 2.05) is 0 Å². The summed E-state index contributed by atoms with van der Waals surface area (Å²) < 4.78 is 0. The van der Waals surface area contributed by atoms with E-state index < -0.39 is 0 Å². The maximum atomic E-state index is 2.42. The molecule has 5 saturated carbocycles. The fourth-order valence-corrected chi connectivity index (χ4v) is 3.08. The van der Waals surface area contributed by atoms with Gasteiger partial charge in [-0.2, -0.15) is 0 Å². The van der Waals surface area contributed by atoms with Crippen LogP contribution in [-0.4, -0.2) is 0 Å². The molecule has 5 aliphatic rings. The van der Waals surface area contributed by atoms with Crippen molar-refractivity contribution in [2.24, 2.45) is 29.6 Å². The van der Waals surface area contributed by atoms with Crippen molar-refractivity contribution in [3.63, 3.8) is 0 Å². The number of rotatable bonds is 0. The van der Waals surface area contributed by atoms with Crippen LogP contribution in [0.15, 0.2) is 0 Å². The minimum Gasteiger partial charge on any atom is -0.0619 e. The van der Waals surface area contributed by atoms with Crippen LogP contribution in [0.1, 0.15) is 13.3 Å². The molecule has 0 nitrogen and oxygen atoms in total. The average Bonchev–Trinajstić information content (AvgIpc) is 1.23. The van der Waals surface area contributed by atoms with Gasteiger partial charge in [-0.05, 0) is 36.0 Å². The molecule has 0 aromatic rings. The molecule has 0 amide bonds. The van der Waals surface area contributed by atoms with Gasteiger partial charge in [-0.3, -0.25) is 0 Å². The molecule has 0 unspecified atom stereocenters. The molecule has 0 N–H and O–H groups in total. The summed E-state index contributed by atoms with van der Waals surface area (Å²) in [5, 5.41) is 0. The van der Waals surface area contributed by atoms with E-state index in [4.69, 9.17) is 0 Å². The molecule has 7 heavy (non-hydrogen) atoms. The molecule has 4 bridgehead atoms. The van der Waals surface area contributed by atoms with Gasteiger partial charge in [0.2, 0.25) is 0 Å². The summed E-state index contributed by atoms with van der Waals surface area (Å²) >= 11 is 0. The van der Waals surface area contributed by atoms with Crippen LogP contribution < -0.4 is 0 Å². The molecular formula is C7H10. The zero-order valence-electron chi connectivity index (χ0n) is 4.59. The van der Waals surface area contributed by atoms with Crippen LogP contribution in [0.2, 0.25) is 0 Å². The topological polar surface area (TPSA) is 0 Å². The monoisotopic (exact) mass is 94.1 g/mol. The second-order valence-electron chi connectivity index (χ2n) is 3.58. The Morgan fingerprint density at radius 3 is 1.71 bits per heavy atom. The molecule has 5 rings (SSSR count). The van der Waals surface area contributed by atoms with Gasteiger partial charge in [0.15, 0.2) is 0 Å². The van der Waals surface area contributed by atoms with Gasteiger partial charge in [0.1, 0.15) is 0 Å². The fraction of sp³-hybridized carbons (Fsp3) is 1.00. The summed E-state index contributed by atoms with van der Waals surface area (Å²) in [6.07, 6.45) is 1.61. The van der Waals surface area contributed by atoms with Crippen molar-refractivity contribution in [1.29, 1.82) is 0 Å². The van der Waals surface area contributed by atoms with Crippen LogP contribution >= 0.6 is 0 Å². The summed E-state index contributed by atoms with van der Waals surface area (Å²) in [6, 6.07) is 0. The van der Waals surface area contributed by atoms with Gasteiger partial charge in [0.25, 0.3) is 0 Å². The van der Waals surface area contributed by atoms with E-state index in [9.17, 15) is 0 Å². The standard InChI is InChI=1S/C7H10/c1-3-6-4-2-5(6)7(3)4/h3-7H,2H2,1H3. The Kier molecular flexibility index (Phi) is 0.260. The largest absolute Gasteiger partial charge is 0.0619 e. The van der Waals surface area contributed by atoms with Gasteiger partial charge in [-0.25, -0.2) is 0 Å². The van der Waals surface area contributed by atoms with E-state index in [1.54, 1.807) is 6.42 Å². The van der Waals surface area contributed by atoms with Gasteiger partial charge in [-0.1, -0.05) is 6.92 Å². The first kappa shape index (κ1) is 3.11. The lowest BCUT2D eigenvalue weighted by molar-refractivity contribution is -0.333. The third-order valence-corrected chi connectivity index (χ3v) is 3.74. The van der Waals surface area contributed by atoms with Crippen molar-refractivity contribution in [3.05, 3.63) is 0 Å². The Labute approximate surface area is 43.9 Å². The maximum Gasteiger partial charge on any atom is -0.0323 e. The third-order valence-electron chi connectivity index (χ3n) is 3.74. The minimum absolute atomic E-state index is 1.16. The molecule has 0 heterocycles. The zero-order valence-corrected chi connectivity index (χ0v) is 4.59. The molecule has 0 spiro atoms. The first-order chi connectivity index (χ1) is 3.39. The molecular weight excluding hydrogens is 84.1 g/mol. The Hall–Kier alpha value is 0. The van der Waals surface area contributed by atoms with Gasteiger partial charge in [0.05, 0.1) is 0 Å². The van der Waals surface area contributed by atoms with Crippen molar-refractivity contribution >= 4 is 0 Å². The average molecular weight is 94.2 g/mol. The van der Waals surface area contributed by atoms with Crippen molar-refractivity contribution in [2.75, 3.05) is 0 Å². The van der Waals surface area contributed by atoms with Crippen LogP contribution in [0.25, 0.3) is 0 Å². The highest BCUT2D eigenvalue weighted by atomic mass is 14.8. The molecule has 0 saturated heterocycles. The maximum absolute atomic E-state index is 2.42. The van der Waals surface area contributed by atoms with E-state index in [-0.39, 0.29) is 0 Å². The van der Waals surface area contributed by atoms with Crippen LogP contribution in [0.4, 0.5) is 0 Å². The summed E-state index contributed by atoms with van der Waals surface area (Å²) in [6.45, 7) is 2.42. The predicted octanol–water partition coefficient (Wildman–Crippen LogP) is 1.52. The highest BCUT2D eigenvalue weighted by molar-refractivity contribution is 5.22. The molecule has 0 heteroatoms. The van der Waals surface area contributed by atoms with E-state index in [2.05, 4.69) is 6.92 Å². The lowest BCUT2D eigenvalue weighted by atomic mass is 9.24. The van der Waals surface area contributed by atoms with Crippen LogP contribution in [0, 0.1) is 29.6 Å². The van der Waals surface area contributed by atoms with Crippen molar-refractivity contribution in [3.8, 4) is 0 Å². The van der Waals surface area contributed by atoms with Crippen molar-refractivity contribution < 1.29 is 0 Å². The van der Waals surface area contributed by atoms with Crippen molar-refractivity contribution in [1.82, 2.24) is 0 Å². The van der Waals surface area contributed by atoms with E-state index in [0.717, 1.165) is 5.92 Å². The van der Waals surface area contributed by atoms with Gasteiger partial charge >= 0.3 is 0 Å². The summed E-state index contributed by atoms with van der Waals surface area (Å²) in [4.78, 5) is 0. The number of hydrogen-bond donors (Lipinski definition) is 0. The first-order valence-corrected chi connectivity index (χ1v) is 3.39. The summed E-state index contributed by atoms with van der Waals surface area (Å²) in [5.41, 5.74) is 0. The fourth-order valence-electron chi connectivity index (χ4n) is 3.08. The molecule has 0 aliphatic heterocycles. The minimum atomic E-state index is 1.16. The second-order valence-corrected chi connectivity index (χ2v) is 3.58.